The molecule has 1 atom stereocenters. The number of sulfonamides is 1. The van der Waals surface area contributed by atoms with Gasteiger partial charge in [-0.25, -0.2) is 8.42 Å². The first-order chi connectivity index (χ1) is 11.7. The summed E-state index contributed by atoms with van der Waals surface area (Å²) >= 11 is 0. The zero-order valence-corrected chi connectivity index (χ0v) is 15.7. The molecule has 1 aromatic carbocycles. The van der Waals surface area contributed by atoms with Gasteiger partial charge in [0.1, 0.15) is 6.04 Å². The molecule has 25 heavy (non-hydrogen) atoms. The fourth-order valence-electron chi connectivity index (χ4n) is 2.77. The van der Waals surface area contributed by atoms with Gasteiger partial charge in [0.2, 0.25) is 15.9 Å². The predicted octanol–water partition coefficient (Wildman–Crippen LogP) is 0.607. The number of nitrogens with zero attached hydrogens (tertiary/aromatic N) is 2. The van der Waals surface area contributed by atoms with Gasteiger partial charge in [0.15, 0.2) is 0 Å². The van der Waals surface area contributed by atoms with Crippen molar-refractivity contribution in [3.05, 3.63) is 35.4 Å². The van der Waals surface area contributed by atoms with Gasteiger partial charge in [-0.2, -0.15) is 4.31 Å². The summed E-state index contributed by atoms with van der Waals surface area (Å²) in [6, 6.07) is 6.50. The van der Waals surface area contributed by atoms with Gasteiger partial charge in [0, 0.05) is 31.7 Å². The molecule has 8 heteroatoms. The zero-order chi connectivity index (χ0) is 18.6. The van der Waals surface area contributed by atoms with Crippen LogP contribution in [0.15, 0.2) is 24.3 Å². The van der Waals surface area contributed by atoms with Crippen LogP contribution in [-0.2, 0) is 14.8 Å². The van der Waals surface area contributed by atoms with Gasteiger partial charge < -0.3 is 10.2 Å². The molecular weight excluding hydrogens is 342 g/mol. The number of benzene rings is 1. The van der Waals surface area contributed by atoms with Crippen molar-refractivity contribution in [3.8, 4) is 0 Å². The Hall–Kier alpha value is -1.93. The lowest BCUT2D eigenvalue weighted by atomic mass is 10.1. The van der Waals surface area contributed by atoms with Crippen LogP contribution in [0, 0.1) is 6.92 Å². The Labute approximate surface area is 149 Å². The largest absolute Gasteiger partial charge is 0.341 e. The average molecular weight is 367 g/mol. The quantitative estimate of drug-likeness (QED) is 0.826. The molecule has 1 aliphatic rings. The number of carbonyl (C=O) groups excluding carboxylic acids is 2. The van der Waals surface area contributed by atoms with Gasteiger partial charge >= 0.3 is 0 Å². The maximum atomic E-state index is 12.5. The molecule has 0 radical (unpaired) electrons. The van der Waals surface area contributed by atoms with Crippen LogP contribution in [0.2, 0.25) is 0 Å². The van der Waals surface area contributed by atoms with Crippen molar-refractivity contribution in [3.63, 3.8) is 0 Å². The minimum atomic E-state index is -3.22. The van der Waals surface area contributed by atoms with Gasteiger partial charge in [0.25, 0.3) is 5.91 Å². The monoisotopic (exact) mass is 367 g/mol. The third kappa shape index (κ3) is 4.79. The second-order valence-electron chi connectivity index (χ2n) is 6.19. The summed E-state index contributed by atoms with van der Waals surface area (Å²) in [5.41, 5.74) is 1.48. The molecule has 138 valence electrons. The van der Waals surface area contributed by atoms with E-state index in [2.05, 4.69) is 5.32 Å². The van der Waals surface area contributed by atoms with Crippen LogP contribution < -0.4 is 5.32 Å². The maximum Gasteiger partial charge on any atom is 0.251 e. The highest BCUT2D eigenvalue weighted by Gasteiger charge is 2.30. The number of hydrogen-bond acceptors (Lipinski definition) is 4. The van der Waals surface area contributed by atoms with Crippen molar-refractivity contribution in [1.82, 2.24) is 14.5 Å². The summed E-state index contributed by atoms with van der Waals surface area (Å²) in [7, 11) is -3.22. The van der Waals surface area contributed by atoms with Crippen LogP contribution in [0.3, 0.4) is 0 Å². The van der Waals surface area contributed by atoms with Crippen molar-refractivity contribution in [2.75, 3.05) is 31.9 Å². The molecule has 2 amide bonds. The van der Waals surface area contributed by atoms with E-state index in [4.69, 9.17) is 0 Å². The molecule has 1 unspecified atom stereocenters. The Morgan fingerprint density at radius 3 is 2.40 bits per heavy atom. The molecule has 0 bridgehead atoms. The van der Waals surface area contributed by atoms with Crippen LogP contribution in [0.1, 0.15) is 29.8 Å². The van der Waals surface area contributed by atoms with Gasteiger partial charge in [0.05, 0.1) is 5.75 Å². The molecule has 0 aromatic heterocycles. The van der Waals surface area contributed by atoms with Crippen molar-refractivity contribution >= 4 is 21.8 Å². The predicted molar refractivity (Wildman–Crippen MR) is 95.7 cm³/mol. The van der Waals surface area contributed by atoms with E-state index in [1.54, 1.807) is 36.9 Å². The van der Waals surface area contributed by atoms with Crippen LogP contribution in [0.4, 0.5) is 0 Å². The van der Waals surface area contributed by atoms with Gasteiger partial charge in [-0.1, -0.05) is 17.7 Å². The van der Waals surface area contributed by atoms with Crippen molar-refractivity contribution in [2.24, 2.45) is 0 Å². The molecule has 1 fully saturated rings. The second kappa shape index (κ2) is 7.97. The van der Waals surface area contributed by atoms with Crippen LogP contribution >= 0.6 is 0 Å². The van der Waals surface area contributed by atoms with Gasteiger partial charge in [-0.3, -0.25) is 9.59 Å². The first-order valence-corrected chi connectivity index (χ1v) is 9.99. The first-order valence-electron chi connectivity index (χ1n) is 8.38. The molecule has 0 saturated carbocycles. The highest BCUT2D eigenvalue weighted by atomic mass is 32.2. The Kier molecular flexibility index (Phi) is 6.18. The zero-order valence-electron chi connectivity index (χ0n) is 14.9. The summed E-state index contributed by atoms with van der Waals surface area (Å²) in [6.45, 7) is 6.41. The summed E-state index contributed by atoms with van der Waals surface area (Å²) < 4.78 is 25.1. The number of nitrogens with one attached hydrogen (secondary N) is 1. The normalized spacial score (nSPS) is 17.2. The lowest BCUT2D eigenvalue weighted by Gasteiger charge is -2.35. The number of carbonyl (C=O) groups is 2. The smallest absolute Gasteiger partial charge is 0.251 e. The molecule has 0 aliphatic carbocycles. The first kappa shape index (κ1) is 19.4. The highest BCUT2D eigenvalue weighted by Crippen LogP contribution is 2.10. The second-order valence-corrected chi connectivity index (χ2v) is 8.45. The van der Waals surface area contributed by atoms with E-state index >= 15 is 0 Å². The van der Waals surface area contributed by atoms with Crippen molar-refractivity contribution < 1.29 is 18.0 Å². The van der Waals surface area contributed by atoms with Gasteiger partial charge in [-0.05, 0) is 32.9 Å². The lowest BCUT2D eigenvalue weighted by Crippen LogP contribution is -2.55. The van der Waals surface area contributed by atoms with E-state index in [0.717, 1.165) is 5.56 Å². The number of hydrogen-bond donors (Lipinski definition) is 1. The number of amides is 2. The van der Waals surface area contributed by atoms with E-state index in [9.17, 15) is 18.0 Å². The number of aryl methyl sites for hydroxylation is 1. The van der Waals surface area contributed by atoms with E-state index in [0.29, 0.717) is 31.7 Å². The molecule has 1 aromatic rings. The Balaban J connectivity index is 1.92. The Morgan fingerprint density at radius 2 is 1.84 bits per heavy atom. The Bertz CT molecular complexity index is 740. The highest BCUT2D eigenvalue weighted by molar-refractivity contribution is 7.89. The summed E-state index contributed by atoms with van der Waals surface area (Å²) in [6.07, 6.45) is 0. The number of rotatable bonds is 5. The fraction of sp³-hybridized carbons (Fsp3) is 0.529. The molecule has 0 spiro atoms. The van der Waals surface area contributed by atoms with Crippen molar-refractivity contribution in [2.45, 2.75) is 26.8 Å². The molecule has 1 saturated heterocycles. The summed E-state index contributed by atoms with van der Waals surface area (Å²) in [5.74, 6) is -0.435. The fourth-order valence-corrected chi connectivity index (χ4v) is 3.86. The topological polar surface area (TPSA) is 86.8 Å². The SMILES string of the molecule is CCS(=O)(=O)N1CCN(C(=O)C(C)NC(=O)c2cccc(C)c2)CC1. The van der Waals surface area contributed by atoms with E-state index < -0.39 is 16.1 Å². The van der Waals surface area contributed by atoms with Crippen LogP contribution in [0.25, 0.3) is 0 Å². The van der Waals surface area contributed by atoms with E-state index in [-0.39, 0.29) is 17.6 Å². The lowest BCUT2D eigenvalue weighted by molar-refractivity contribution is -0.134. The maximum absolute atomic E-state index is 12.5. The molecule has 1 heterocycles. The molecule has 7 nitrogen and oxygen atoms in total. The van der Waals surface area contributed by atoms with E-state index in [1.165, 1.54) is 4.31 Å². The third-order valence-electron chi connectivity index (χ3n) is 4.31. The number of piperazine rings is 1. The molecule has 2 rings (SSSR count). The molecule has 1 aliphatic heterocycles. The summed E-state index contributed by atoms with van der Waals surface area (Å²) in [4.78, 5) is 26.3. The minimum Gasteiger partial charge on any atom is -0.341 e. The molecular formula is C17H25N3O4S. The Morgan fingerprint density at radius 1 is 1.20 bits per heavy atom. The average Bonchev–Trinajstić information content (AvgIpc) is 2.61. The van der Waals surface area contributed by atoms with Crippen LogP contribution in [0.5, 0.6) is 0 Å². The van der Waals surface area contributed by atoms with Gasteiger partial charge in [-0.15, -0.1) is 0 Å². The summed E-state index contributed by atoms with van der Waals surface area (Å²) in [5, 5.41) is 2.71. The third-order valence-corrected chi connectivity index (χ3v) is 6.19. The van der Waals surface area contributed by atoms with Crippen LogP contribution in [-0.4, -0.2) is 67.4 Å². The van der Waals surface area contributed by atoms with Crippen molar-refractivity contribution in [1.29, 1.82) is 0 Å². The standard InChI is InChI=1S/C17H25N3O4S/c1-4-25(23,24)20-10-8-19(9-11-20)17(22)14(3)18-16(21)15-7-5-6-13(2)12-15/h5-7,12,14H,4,8-11H2,1-3H3,(H,18,21). The minimum absolute atomic E-state index is 0.0594. The van der Waals surface area contributed by atoms with E-state index in [1.807, 2.05) is 13.0 Å². The molecule has 1 N–H and O–H groups in total.